The molecule has 0 bridgehead atoms. The number of nitrogens with one attached hydrogen (secondary N) is 1. The zero-order valence-corrected chi connectivity index (χ0v) is 11.8. The number of methoxy groups -OCH3 is 1. The molecule has 18 heavy (non-hydrogen) atoms. The second-order valence-electron chi connectivity index (χ2n) is 4.70. The summed E-state index contributed by atoms with van der Waals surface area (Å²) in [6.45, 7) is 5.69. The fraction of sp³-hybridized carbons (Fsp3) is 0.571. The molecule has 100 valence electrons. The maximum absolute atomic E-state index is 6.03. The van der Waals surface area contributed by atoms with E-state index in [1.165, 1.54) is 12.8 Å². The van der Waals surface area contributed by atoms with Gasteiger partial charge in [-0.25, -0.2) is 0 Å². The third-order valence-electron chi connectivity index (χ3n) is 3.56. The first-order valence-electron chi connectivity index (χ1n) is 6.55. The van der Waals surface area contributed by atoms with Gasteiger partial charge in [-0.1, -0.05) is 18.5 Å². The van der Waals surface area contributed by atoms with Crippen LogP contribution in [0, 0.1) is 0 Å². The highest BCUT2D eigenvalue weighted by atomic mass is 35.5. The average molecular weight is 269 g/mol. The Balaban J connectivity index is 1.99. The predicted molar refractivity (Wildman–Crippen MR) is 76.8 cm³/mol. The molecule has 0 amide bonds. The van der Waals surface area contributed by atoms with Crippen molar-refractivity contribution in [3.63, 3.8) is 0 Å². The van der Waals surface area contributed by atoms with Gasteiger partial charge < -0.3 is 15.0 Å². The van der Waals surface area contributed by atoms with E-state index < -0.39 is 0 Å². The van der Waals surface area contributed by atoms with Crippen molar-refractivity contribution in [3.05, 3.63) is 23.2 Å². The minimum Gasteiger partial charge on any atom is -0.495 e. The Morgan fingerprint density at radius 3 is 2.72 bits per heavy atom. The van der Waals surface area contributed by atoms with Gasteiger partial charge in [-0.2, -0.15) is 0 Å². The van der Waals surface area contributed by atoms with Crippen LogP contribution in [0.3, 0.4) is 0 Å². The molecule has 0 unspecified atom stereocenters. The molecular formula is C14H21ClN2O. The second kappa shape index (κ2) is 6.30. The van der Waals surface area contributed by atoms with Gasteiger partial charge in [-0.3, -0.25) is 0 Å². The third-order valence-corrected chi connectivity index (χ3v) is 3.79. The number of nitrogens with zero attached hydrogens (tertiary/aromatic N) is 1. The zero-order valence-electron chi connectivity index (χ0n) is 11.1. The van der Waals surface area contributed by atoms with Gasteiger partial charge in [0.05, 0.1) is 12.8 Å². The molecule has 0 aromatic heterocycles. The molecule has 1 N–H and O–H groups in total. The molecule has 1 fully saturated rings. The molecule has 0 radical (unpaired) electrons. The van der Waals surface area contributed by atoms with E-state index in [2.05, 4.69) is 17.1 Å². The topological polar surface area (TPSA) is 24.5 Å². The molecule has 1 heterocycles. The van der Waals surface area contributed by atoms with Gasteiger partial charge in [-0.15, -0.1) is 0 Å². The Labute approximate surface area is 114 Å². The lowest BCUT2D eigenvalue weighted by Gasteiger charge is -2.32. The summed E-state index contributed by atoms with van der Waals surface area (Å²) in [5, 5.41) is 4.29. The molecule has 0 atom stereocenters. The van der Waals surface area contributed by atoms with Crippen LogP contribution >= 0.6 is 11.6 Å². The Bertz CT molecular complexity index is 389. The smallest absolute Gasteiger partial charge is 0.142 e. The van der Waals surface area contributed by atoms with Crippen LogP contribution in [0.5, 0.6) is 5.75 Å². The quantitative estimate of drug-likeness (QED) is 0.907. The standard InChI is InChI=1S/C14H21ClN2O/c1-3-17-8-6-12(7-9-17)16-13-10-11(15)4-5-14(13)18-2/h4-5,10,12,16H,3,6-9H2,1-2H3. The first-order valence-corrected chi connectivity index (χ1v) is 6.93. The Hall–Kier alpha value is -0.930. The maximum Gasteiger partial charge on any atom is 0.142 e. The summed E-state index contributed by atoms with van der Waals surface area (Å²) in [5.74, 6) is 0.859. The van der Waals surface area contributed by atoms with Crippen LogP contribution in [-0.4, -0.2) is 37.7 Å². The molecule has 1 aromatic rings. The van der Waals surface area contributed by atoms with E-state index in [4.69, 9.17) is 16.3 Å². The molecular weight excluding hydrogens is 248 g/mol. The lowest BCUT2D eigenvalue weighted by atomic mass is 10.0. The normalized spacial score (nSPS) is 17.7. The van der Waals surface area contributed by atoms with Gasteiger partial charge >= 0.3 is 0 Å². The van der Waals surface area contributed by atoms with Crippen LogP contribution in [-0.2, 0) is 0 Å². The lowest BCUT2D eigenvalue weighted by molar-refractivity contribution is 0.229. The Kier molecular flexibility index (Phi) is 4.72. The Morgan fingerprint density at radius 2 is 2.11 bits per heavy atom. The third kappa shape index (κ3) is 3.30. The van der Waals surface area contributed by atoms with Crippen molar-refractivity contribution in [2.24, 2.45) is 0 Å². The van der Waals surface area contributed by atoms with Gasteiger partial charge in [0.15, 0.2) is 0 Å². The minimum absolute atomic E-state index is 0.514. The van der Waals surface area contributed by atoms with Crippen LogP contribution in [0.2, 0.25) is 5.02 Å². The summed E-state index contributed by atoms with van der Waals surface area (Å²) in [7, 11) is 1.69. The molecule has 0 aliphatic carbocycles. The van der Waals surface area contributed by atoms with Crippen molar-refractivity contribution in [3.8, 4) is 5.75 Å². The van der Waals surface area contributed by atoms with Gasteiger partial charge in [0.2, 0.25) is 0 Å². The van der Waals surface area contributed by atoms with Crippen molar-refractivity contribution >= 4 is 17.3 Å². The second-order valence-corrected chi connectivity index (χ2v) is 5.13. The molecule has 0 spiro atoms. The predicted octanol–water partition coefficient (Wildman–Crippen LogP) is 3.24. The van der Waals surface area contributed by atoms with Crippen LogP contribution in [0.25, 0.3) is 0 Å². The number of hydrogen-bond donors (Lipinski definition) is 1. The number of piperidine rings is 1. The van der Waals surface area contributed by atoms with Gasteiger partial charge in [-0.05, 0) is 37.6 Å². The van der Waals surface area contributed by atoms with E-state index in [1.807, 2.05) is 18.2 Å². The molecule has 2 rings (SSSR count). The summed E-state index contributed by atoms with van der Waals surface area (Å²) in [4.78, 5) is 2.48. The van der Waals surface area contributed by atoms with Gasteiger partial charge in [0, 0.05) is 24.2 Å². The summed E-state index contributed by atoms with van der Waals surface area (Å²) in [6, 6.07) is 6.21. The number of likely N-dealkylation sites (tertiary alicyclic amines) is 1. The number of anilines is 1. The number of ether oxygens (including phenoxy) is 1. The van der Waals surface area contributed by atoms with Crippen molar-refractivity contribution < 1.29 is 4.74 Å². The van der Waals surface area contributed by atoms with Crippen LogP contribution < -0.4 is 10.1 Å². The molecule has 1 aliphatic rings. The highest BCUT2D eigenvalue weighted by Crippen LogP contribution is 2.29. The fourth-order valence-electron chi connectivity index (χ4n) is 2.41. The summed E-state index contributed by atoms with van der Waals surface area (Å²) in [5.41, 5.74) is 1.000. The SMILES string of the molecule is CCN1CCC(Nc2cc(Cl)ccc2OC)CC1. The van der Waals surface area contributed by atoms with Gasteiger partial charge in [0.25, 0.3) is 0 Å². The van der Waals surface area contributed by atoms with E-state index in [9.17, 15) is 0 Å². The highest BCUT2D eigenvalue weighted by Gasteiger charge is 2.18. The largest absolute Gasteiger partial charge is 0.495 e. The van der Waals surface area contributed by atoms with E-state index in [-0.39, 0.29) is 0 Å². The molecule has 3 nitrogen and oxygen atoms in total. The van der Waals surface area contributed by atoms with E-state index in [0.717, 1.165) is 36.1 Å². The summed E-state index contributed by atoms with van der Waals surface area (Å²) in [6.07, 6.45) is 2.34. The molecule has 1 saturated heterocycles. The van der Waals surface area contributed by atoms with Crippen molar-refractivity contribution in [2.75, 3.05) is 32.1 Å². The molecule has 1 aliphatic heterocycles. The zero-order chi connectivity index (χ0) is 13.0. The van der Waals surface area contributed by atoms with E-state index in [0.29, 0.717) is 6.04 Å². The van der Waals surface area contributed by atoms with Crippen molar-refractivity contribution in [1.82, 2.24) is 4.90 Å². The molecule has 1 aromatic carbocycles. The van der Waals surface area contributed by atoms with E-state index >= 15 is 0 Å². The van der Waals surface area contributed by atoms with Crippen LogP contribution in [0.1, 0.15) is 19.8 Å². The van der Waals surface area contributed by atoms with E-state index in [1.54, 1.807) is 7.11 Å². The molecule has 4 heteroatoms. The maximum atomic E-state index is 6.03. The monoisotopic (exact) mass is 268 g/mol. The minimum atomic E-state index is 0.514. The van der Waals surface area contributed by atoms with Gasteiger partial charge in [0.1, 0.15) is 5.75 Å². The van der Waals surface area contributed by atoms with Crippen LogP contribution in [0.15, 0.2) is 18.2 Å². The summed E-state index contributed by atoms with van der Waals surface area (Å²) >= 11 is 6.03. The first-order chi connectivity index (χ1) is 8.72. The number of rotatable bonds is 4. The Morgan fingerprint density at radius 1 is 1.39 bits per heavy atom. The first kappa shape index (κ1) is 13.5. The highest BCUT2D eigenvalue weighted by molar-refractivity contribution is 6.30. The summed E-state index contributed by atoms with van der Waals surface area (Å²) < 4.78 is 5.35. The van der Waals surface area contributed by atoms with Crippen molar-refractivity contribution in [2.45, 2.75) is 25.8 Å². The fourth-order valence-corrected chi connectivity index (χ4v) is 2.58. The number of halogens is 1. The average Bonchev–Trinajstić information content (AvgIpc) is 2.40. The lowest BCUT2D eigenvalue weighted by Crippen LogP contribution is -2.38. The van der Waals surface area contributed by atoms with Crippen molar-refractivity contribution in [1.29, 1.82) is 0 Å². The molecule has 0 saturated carbocycles. The number of benzene rings is 1. The number of hydrogen-bond acceptors (Lipinski definition) is 3. The van der Waals surface area contributed by atoms with Crippen LogP contribution in [0.4, 0.5) is 5.69 Å².